The van der Waals surface area contributed by atoms with Gasteiger partial charge in [0.05, 0.1) is 0 Å². The number of aryl methyl sites for hydroxylation is 1. The van der Waals surface area contributed by atoms with E-state index in [1.807, 2.05) is 61.6 Å². The number of anilines is 2. The number of benzene rings is 2. The highest BCUT2D eigenvalue weighted by Crippen LogP contribution is 2.20. The molecule has 0 radical (unpaired) electrons. The van der Waals surface area contributed by atoms with Crippen molar-refractivity contribution in [1.29, 1.82) is 0 Å². The molecule has 3 aromatic rings. The molecule has 1 aromatic heterocycles. The first-order chi connectivity index (χ1) is 11.6. The van der Waals surface area contributed by atoms with Gasteiger partial charge in [0, 0.05) is 49.0 Å². The van der Waals surface area contributed by atoms with Gasteiger partial charge in [-0.2, -0.15) is 0 Å². The Morgan fingerprint density at radius 3 is 2.79 bits per heavy atom. The van der Waals surface area contributed by atoms with Crippen LogP contribution in [0.15, 0.2) is 54.7 Å². The molecular weight excluding hydrogens is 298 g/mol. The summed E-state index contributed by atoms with van der Waals surface area (Å²) in [4.78, 5) is 17.5. The van der Waals surface area contributed by atoms with Gasteiger partial charge >= 0.3 is 0 Å². The number of rotatable bonds is 6. The highest BCUT2D eigenvalue weighted by Gasteiger charge is 2.06. The Balaban J connectivity index is 1.53. The van der Waals surface area contributed by atoms with Gasteiger partial charge in [-0.1, -0.05) is 24.3 Å². The van der Waals surface area contributed by atoms with Crippen LogP contribution in [0.2, 0.25) is 0 Å². The summed E-state index contributed by atoms with van der Waals surface area (Å²) < 4.78 is 0. The van der Waals surface area contributed by atoms with Gasteiger partial charge in [-0.3, -0.25) is 4.79 Å². The Labute approximate surface area is 142 Å². The largest absolute Gasteiger partial charge is 0.378 e. The van der Waals surface area contributed by atoms with Crippen molar-refractivity contribution in [3.05, 3.63) is 60.3 Å². The number of hydrogen-bond acceptors (Lipinski definition) is 2. The molecule has 0 aliphatic rings. The Kier molecular flexibility index (Phi) is 4.85. The van der Waals surface area contributed by atoms with E-state index in [0.29, 0.717) is 6.42 Å². The molecule has 24 heavy (non-hydrogen) atoms. The predicted octanol–water partition coefficient (Wildman–Crippen LogP) is 4.20. The maximum Gasteiger partial charge on any atom is 0.224 e. The van der Waals surface area contributed by atoms with Crippen molar-refractivity contribution in [2.24, 2.45) is 0 Å². The lowest BCUT2D eigenvalue weighted by molar-refractivity contribution is -0.116. The zero-order valence-corrected chi connectivity index (χ0v) is 14.2. The van der Waals surface area contributed by atoms with Crippen molar-refractivity contribution < 1.29 is 4.79 Å². The molecule has 0 saturated carbocycles. The Hall–Kier alpha value is -2.75. The van der Waals surface area contributed by atoms with Gasteiger partial charge in [0.2, 0.25) is 5.91 Å². The molecule has 2 N–H and O–H groups in total. The summed E-state index contributed by atoms with van der Waals surface area (Å²) in [6.07, 6.45) is 4.30. The number of aromatic nitrogens is 1. The molecule has 0 atom stereocenters. The van der Waals surface area contributed by atoms with Gasteiger partial charge in [0.1, 0.15) is 0 Å². The van der Waals surface area contributed by atoms with Gasteiger partial charge in [0.25, 0.3) is 0 Å². The van der Waals surface area contributed by atoms with E-state index in [0.717, 1.165) is 29.7 Å². The number of amides is 1. The minimum Gasteiger partial charge on any atom is -0.378 e. The van der Waals surface area contributed by atoms with Gasteiger partial charge in [-0.25, -0.2) is 0 Å². The molecule has 0 spiro atoms. The average molecular weight is 321 g/mol. The van der Waals surface area contributed by atoms with Crippen LogP contribution in [0.4, 0.5) is 11.4 Å². The van der Waals surface area contributed by atoms with E-state index in [1.54, 1.807) is 0 Å². The summed E-state index contributed by atoms with van der Waals surface area (Å²) in [5, 5.41) is 4.23. The van der Waals surface area contributed by atoms with Crippen LogP contribution in [0.3, 0.4) is 0 Å². The van der Waals surface area contributed by atoms with Crippen molar-refractivity contribution in [2.75, 3.05) is 24.3 Å². The Morgan fingerprint density at radius 1 is 1.12 bits per heavy atom. The predicted molar refractivity (Wildman–Crippen MR) is 101 cm³/mol. The number of hydrogen-bond donors (Lipinski definition) is 2. The first-order valence-corrected chi connectivity index (χ1v) is 8.26. The smallest absolute Gasteiger partial charge is 0.224 e. The van der Waals surface area contributed by atoms with E-state index in [4.69, 9.17) is 0 Å². The number of carbonyl (C=O) groups excluding carboxylic acids is 1. The van der Waals surface area contributed by atoms with Gasteiger partial charge in [-0.05, 0) is 42.7 Å². The summed E-state index contributed by atoms with van der Waals surface area (Å²) in [7, 11) is 3.98. The number of para-hydroxylation sites is 1. The summed E-state index contributed by atoms with van der Waals surface area (Å²) in [6.45, 7) is 0. The van der Waals surface area contributed by atoms with Gasteiger partial charge in [-0.15, -0.1) is 0 Å². The van der Waals surface area contributed by atoms with Gasteiger partial charge in [0.15, 0.2) is 0 Å². The summed E-state index contributed by atoms with van der Waals surface area (Å²) >= 11 is 0. The number of nitrogens with one attached hydrogen (secondary N) is 2. The molecule has 0 aliphatic carbocycles. The van der Waals surface area contributed by atoms with Crippen LogP contribution in [0.25, 0.3) is 10.9 Å². The van der Waals surface area contributed by atoms with Crippen LogP contribution in [-0.2, 0) is 11.2 Å². The standard InChI is InChI=1S/C20H23N3O/c1-23(2)17-9-6-8-16(13-17)22-20(24)12-5-7-15-14-21-19-11-4-3-10-18(15)19/h3-4,6,8-11,13-14,21H,5,7,12H2,1-2H3,(H,22,24). The number of H-pyrrole nitrogens is 1. The molecule has 1 heterocycles. The number of nitrogens with zero attached hydrogens (tertiary/aromatic N) is 1. The first-order valence-electron chi connectivity index (χ1n) is 8.26. The van der Waals surface area contributed by atoms with Crippen LogP contribution < -0.4 is 10.2 Å². The highest BCUT2D eigenvalue weighted by atomic mass is 16.1. The van der Waals surface area contributed by atoms with Crippen LogP contribution in [0, 0.1) is 0 Å². The van der Waals surface area contributed by atoms with Crippen LogP contribution in [0.1, 0.15) is 18.4 Å². The number of carbonyl (C=O) groups is 1. The van der Waals surface area contributed by atoms with E-state index in [-0.39, 0.29) is 5.91 Å². The van der Waals surface area contributed by atoms with Crippen LogP contribution in [-0.4, -0.2) is 25.0 Å². The van der Waals surface area contributed by atoms with E-state index < -0.39 is 0 Å². The van der Waals surface area contributed by atoms with Crippen LogP contribution in [0.5, 0.6) is 0 Å². The number of fused-ring (bicyclic) bond motifs is 1. The van der Waals surface area contributed by atoms with Crippen molar-refractivity contribution in [2.45, 2.75) is 19.3 Å². The molecular formula is C20H23N3O. The summed E-state index contributed by atoms with van der Waals surface area (Å²) in [6, 6.07) is 16.1. The molecule has 4 heteroatoms. The maximum atomic E-state index is 12.2. The van der Waals surface area contributed by atoms with E-state index in [1.165, 1.54) is 10.9 Å². The second kappa shape index (κ2) is 7.21. The SMILES string of the molecule is CN(C)c1cccc(NC(=O)CCCc2c[nH]c3ccccc23)c1. The Bertz CT molecular complexity index is 836. The second-order valence-electron chi connectivity index (χ2n) is 6.21. The van der Waals surface area contributed by atoms with Crippen molar-refractivity contribution in [3.8, 4) is 0 Å². The van der Waals surface area contributed by atoms with E-state index in [9.17, 15) is 4.79 Å². The molecule has 0 bridgehead atoms. The minimum atomic E-state index is 0.0609. The molecule has 4 nitrogen and oxygen atoms in total. The van der Waals surface area contributed by atoms with Crippen LogP contribution >= 0.6 is 0 Å². The molecule has 0 aliphatic heterocycles. The second-order valence-corrected chi connectivity index (χ2v) is 6.21. The lowest BCUT2D eigenvalue weighted by atomic mass is 10.1. The Morgan fingerprint density at radius 2 is 1.96 bits per heavy atom. The van der Waals surface area contributed by atoms with E-state index >= 15 is 0 Å². The van der Waals surface area contributed by atoms with Gasteiger partial charge < -0.3 is 15.2 Å². The molecule has 0 unspecified atom stereocenters. The van der Waals surface area contributed by atoms with E-state index in [2.05, 4.69) is 22.4 Å². The minimum absolute atomic E-state index is 0.0609. The normalized spacial score (nSPS) is 10.8. The lowest BCUT2D eigenvalue weighted by Crippen LogP contribution is -2.13. The summed E-state index contributed by atoms with van der Waals surface area (Å²) in [5.74, 6) is 0.0609. The highest BCUT2D eigenvalue weighted by molar-refractivity contribution is 5.91. The topological polar surface area (TPSA) is 48.1 Å². The third-order valence-corrected chi connectivity index (χ3v) is 4.17. The molecule has 0 saturated heterocycles. The molecule has 124 valence electrons. The lowest BCUT2D eigenvalue weighted by Gasteiger charge is -2.14. The average Bonchev–Trinajstić information content (AvgIpc) is 2.98. The number of aromatic amines is 1. The summed E-state index contributed by atoms with van der Waals surface area (Å²) in [5.41, 5.74) is 4.34. The fourth-order valence-corrected chi connectivity index (χ4v) is 2.86. The molecule has 1 amide bonds. The molecule has 2 aromatic carbocycles. The zero-order valence-electron chi connectivity index (χ0n) is 14.2. The monoisotopic (exact) mass is 321 g/mol. The molecule has 3 rings (SSSR count). The van der Waals surface area contributed by atoms with Crippen molar-refractivity contribution in [1.82, 2.24) is 4.98 Å². The third kappa shape index (κ3) is 3.77. The van der Waals surface area contributed by atoms with Crippen molar-refractivity contribution in [3.63, 3.8) is 0 Å². The fraction of sp³-hybridized carbons (Fsp3) is 0.250. The quantitative estimate of drug-likeness (QED) is 0.715. The first kappa shape index (κ1) is 16.1. The third-order valence-electron chi connectivity index (χ3n) is 4.17. The fourth-order valence-electron chi connectivity index (χ4n) is 2.86. The van der Waals surface area contributed by atoms with Crippen molar-refractivity contribution >= 4 is 28.2 Å². The molecule has 0 fully saturated rings. The maximum absolute atomic E-state index is 12.2. The zero-order chi connectivity index (χ0) is 16.9.